The van der Waals surface area contributed by atoms with Crippen LogP contribution in [0.25, 0.3) is 0 Å². The van der Waals surface area contributed by atoms with Gasteiger partial charge in [0.2, 0.25) is 0 Å². The highest BCUT2D eigenvalue weighted by molar-refractivity contribution is 5.93. The molecule has 1 fully saturated rings. The number of nitrogens with zero attached hydrogens (tertiary/aromatic N) is 4. The van der Waals surface area contributed by atoms with Gasteiger partial charge in [-0.2, -0.15) is 5.10 Å². The molecule has 2 aliphatic rings. The Balaban J connectivity index is 1.36. The Bertz CT molecular complexity index is 694. The van der Waals surface area contributed by atoms with Crippen LogP contribution in [0.3, 0.4) is 0 Å². The molecular formula is C18H23N5O. The van der Waals surface area contributed by atoms with Gasteiger partial charge in [0.1, 0.15) is 0 Å². The van der Waals surface area contributed by atoms with E-state index >= 15 is 0 Å². The molecule has 0 spiro atoms. The van der Waals surface area contributed by atoms with Gasteiger partial charge in [0.05, 0.1) is 17.3 Å². The van der Waals surface area contributed by atoms with Gasteiger partial charge in [-0.15, -0.1) is 0 Å². The quantitative estimate of drug-likeness (QED) is 0.913. The molecule has 6 heteroatoms. The number of fused-ring (bicyclic) bond motifs is 1. The Morgan fingerprint density at radius 3 is 2.96 bits per heavy atom. The third-order valence-corrected chi connectivity index (χ3v) is 5.19. The number of carbonyl (C=O) groups excluding carboxylic acids is 1. The van der Waals surface area contributed by atoms with Crippen LogP contribution < -0.4 is 5.32 Å². The third-order valence-electron chi connectivity index (χ3n) is 5.19. The molecule has 1 amide bonds. The van der Waals surface area contributed by atoms with Gasteiger partial charge >= 0.3 is 0 Å². The monoisotopic (exact) mass is 325 g/mol. The SMILES string of the molecule is O=C(NCC[C@H]1CN(C2CCC2)Cc2ccnn21)c1cccnc1. The summed E-state index contributed by atoms with van der Waals surface area (Å²) in [6, 6.07) is 6.75. The zero-order valence-corrected chi connectivity index (χ0v) is 13.8. The molecule has 1 atom stereocenters. The molecule has 1 saturated carbocycles. The summed E-state index contributed by atoms with van der Waals surface area (Å²) in [6.45, 7) is 2.68. The number of pyridine rings is 1. The zero-order valence-electron chi connectivity index (χ0n) is 13.8. The summed E-state index contributed by atoms with van der Waals surface area (Å²) in [7, 11) is 0. The zero-order chi connectivity index (χ0) is 16.4. The average Bonchev–Trinajstić information content (AvgIpc) is 3.02. The van der Waals surface area contributed by atoms with Crippen molar-refractivity contribution in [2.24, 2.45) is 0 Å². The molecule has 1 aliphatic carbocycles. The molecule has 4 rings (SSSR count). The van der Waals surface area contributed by atoms with Gasteiger partial charge in [0, 0.05) is 44.3 Å². The summed E-state index contributed by atoms with van der Waals surface area (Å²) in [5, 5.41) is 7.50. The Kier molecular flexibility index (Phi) is 4.30. The maximum absolute atomic E-state index is 12.1. The van der Waals surface area contributed by atoms with Crippen LogP contribution in [-0.2, 0) is 6.54 Å². The van der Waals surface area contributed by atoms with Crippen LogP contribution in [0, 0.1) is 0 Å². The van der Waals surface area contributed by atoms with E-state index in [0.717, 1.165) is 25.6 Å². The molecule has 24 heavy (non-hydrogen) atoms. The van der Waals surface area contributed by atoms with E-state index < -0.39 is 0 Å². The van der Waals surface area contributed by atoms with E-state index in [0.29, 0.717) is 18.2 Å². The Labute approximate surface area is 141 Å². The van der Waals surface area contributed by atoms with Gasteiger partial charge < -0.3 is 5.32 Å². The molecule has 1 aliphatic heterocycles. The van der Waals surface area contributed by atoms with Crippen molar-refractivity contribution < 1.29 is 4.79 Å². The van der Waals surface area contributed by atoms with Crippen molar-refractivity contribution in [2.45, 2.75) is 44.3 Å². The number of nitrogens with one attached hydrogen (secondary N) is 1. The van der Waals surface area contributed by atoms with Crippen LogP contribution in [0.4, 0.5) is 0 Å². The summed E-state index contributed by atoms with van der Waals surface area (Å²) in [6.07, 6.45) is 10.0. The summed E-state index contributed by atoms with van der Waals surface area (Å²) in [4.78, 5) is 18.7. The second kappa shape index (κ2) is 6.73. The standard InChI is InChI=1S/C18H23N5O/c24-18(14-3-2-8-19-11-14)20-9-6-16-12-22(15-4-1-5-15)13-17-7-10-21-23(16)17/h2-3,7-8,10-11,15-16H,1,4-6,9,12-13H2,(H,20,24)/t16-/m0/s1. The minimum Gasteiger partial charge on any atom is -0.352 e. The summed E-state index contributed by atoms with van der Waals surface area (Å²) in [5.74, 6) is -0.0598. The summed E-state index contributed by atoms with van der Waals surface area (Å²) >= 11 is 0. The maximum atomic E-state index is 12.1. The fraction of sp³-hybridized carbons (Fsp3) is 0.500. The minimum atomic E-state index is -0.0598. The fourth-order valence-electron chi connectivity index (χ4n) is 3.61. The lowest BCUT2D eigenvalue weighted by Gasteiger charge is -2.42. The van der Waals surface area contributed by atoms with Gasteiger partial charge in [-0.1, -0.05) is 6.42 Å². The summed E-state index contributed by atoms with van der Waals surface area (Å²) in [5.41, 5.74) is 1.90. The topological polar surface area (TPSA) is 63.1 Å². The predicted octanol–water partition coefficient (Wildman–Crippen LogP) is 2.01. The number of hydrogen-bond donors (Lipinski definition) is 1. The molecule has 2 aromatic heterocycles. The van der Waals surface area contributed by atoms with Gasteiger partial charge in [-0.25, -0.2) is 0 Å². The predicted molar refractivity (Wildman–Crippen MR) is 90.5 cm³/mol. The minimum absolute atomic E-state index is 0.0598. The van der Waals surface area contributed by atoms with E-state index in [-0.39, 0.29) is 5.91 Å². The maximum Gasteiger partial charge on any atom is 0.252 e. The third kappa shape index (κ3) is 3.06. The first-order valence-electron chi connectivity index (χ1n) is 8.76. The lowest BCUT2D eigenvalue weighted by Crippen LogP contribution is -2.47. The average molecular weight is 325 g/mol. The van der Waals surface area contributed by atoms with Crippen LogP contribution in [0.15, 0.2) is 36.8 Å². The Morgan fingerprint density at radius 2 is 2.21 bits per heavy atom. The van der Waals surface area contributed by atoms with Gasteiger partial charge in [0.25, 0.3) is 5.91 Å². The number of rotatable bonds is 5. The van der Waals surface area contributed by atoms with Crippen molar-refractivity contribution in [2.75, 3.05) is 13.1 Å². The van der Waals surface area contributed by atoms with E-state index in [1.807, 2.05) is 6.20 Å². The largest absolute Gasteiger partial charge is 0.352 e. The molecule has 2 aromatic rings. The Hall–Kier alpha value is -2.21. The van der Waals surface area contributed by atoms with Crippen LogP contribution in [0.5, 0.6) is 0 Å². The lowest BCUT2D eigenvalue weighted by atomic mass is 9.90. The molecule has 6 nitrogen and oxygen atoms in total. The summed E-state index contributed by atoms with van der Waals surface area (Å²) < 4.78 is 2.14. The van der Waals surface area contributed by atoms with E-state index in [1.54, 1.807) is 24.5 Å². The second-order valence-electron chi connectivity index (χ2n) is 6.72. The van der Waals surface area contributed by atoms with Crippen LogP contribution >= 0.6 is 0 Å². The number of hydrogen-bond acceptors (Lipinski definition) is 4. The number of aromatic nitrogens is 3. The van der Waals surface area contributed by atoms with E-state index in [4.69, 9.17) is 0 Å². The highest BCUT2D eigenvalue weighted by atomic mass is 16.1. The molecule has 0 saturated heterocycles. The lowest BCUT2D eigenvalue weighted by molar-refractivity contribution is 0.0723. The van der Waals surface area contributed by atoms with Crippen molar-refractivity contribution >= 4 is 5.91 Å². The number of amides is 1. The van der Waals surface area contributed by atoms with Crippen molar-refractivity contribution in [1.82, 2.24) is 25.0 Å². The molecule has 1 N–H and O–H groups in total. The molecule has 0 radical (unpaired) electrons. The van der Waals surface area contributed by atoms with Gasteiger partial charge in [-0.3, -0.25) is 19.4 Å². The van der Waals surface area contributed by atoms with Crippen molar-refractivity contribution in [3.8, 4) is 0 Å². The molecule has 126 valence electrons. The first-order chi connectivity index (χ1) is 11.8. The highest BCUT2D eigenvalue weighted by Crippen LogP contribution is 2.31. The highest BCUT2D eigenvalue weighted by Gasteiger charge is 2.32. The Morgan fingerprint density at radius 1 is 1.29 bits per heavy atom. The van der Waals surface area contributed by atoms with E-state index in [2.05, 4.69) is 31.0 Å². The van der Waals surface area contributed by atoms with E-state index in [1.165, 1.54) is 25.0 Å². The molecule has 0 unspecified atom stereocenters. The van der Waals surface area contributed by atoms with E-state index in [9.17, 15) is 4.79 Å². The number of carbonyl (C=O) groups is 1. The molecule has 0 aromatic carbocycles. The second-order valence-corrected chi connectivity index (χ2v) is 6.72. The van der Waals surface area contributed by atoms with Crippen molar-refractivity contribution in [3.05, 3.63) is 48.0 Å². The molecule has 0 bridgehead atoms. The van der Waals surface area contributed by atoms with Gasteiger partial charge in [0.15, 0.2) is 0 Å². The van der Waals surface area contributed by atoms with Gasteiger partial charge in [-0.05, 0) is 37.5 Å². The first kappa shape index (κ1) is 15.3. The van der Waals surface area contributed by atoms with Crippen LogP contribution in [0.1, 0.15) is 47.8 Å². The molecular weight excluding hydrogens is 302 g/mol. The van der Waals surface area contributed by atoms with Crippen LogP contribution in [-0.4, -0.2) is 44.7 Å². The normalized spacial score (nSPS) is 21.1. The van der Waals surface area contributed by atoms with Crippen molar-refractivity contribution in [3.63, 3.8) is 0 Å². The molecule has 3 heterocycles. The smallest absolute Gasteiger partial charge is 0.252 e. The van der Waals surface area contributed by atoms with Crippen molar-refractivity contribution in [1.29, 1.82) is 0 Å². The fourth-order valence-corrected chi connectivity index (χ4v) is 3.61. The first-order valence-corrected chi connectivity index (χ1v) is 8.76. The van der Waals surface area contributed by atoms with Crippen LogP contribution in [0.2, 0.25) is 0 Å².